The number of primary amides is 1. The number of nitrogens with zero attached hydrogens (tertiary/aromatic N) is 1. The maximum Gasteiger partial charge on any atom is 0.239 e. The fraction of sp³-hybridized carbons (Fsp3) is 0.211. The van der Waals surface area contributed by atoms with Crippen molar-refractivity contribution in [3.05, 3.63) is 77.9 Å². The van der Waals surface area contributed by atoms with Gasteiger partial charge in [0, 0.05) is 13.1 Å². The Morgan fingerprint density at radius 2 is 1.64 bits per heavy atom. The number of rotatable bonds is 4. The summed E-state index contributed by atoms with van der Waals surface area (Å²) in [7, 11) is 0. The van der Waals surface area contributed by atoms with E-state index in [2.05, 4.69) is 35.2 Å². The van der Waals surface area contributed by atoms with Gasteiger partial charge in [0.15, 0.2) is 0 Å². The second kappa shape index (κ2) is 6.58. The summed E-state index contributed by atoms with van der Waals surface area (Å²) in [6.07, 6.45) is 3.14. The average molecular weight is 292 g/mol. The maximum absolute atomic E-state index is 11.9. The van der Waals surface area contributed by atoms with Gasteiger partial charge in [-0.3, -0.25) is 9.69 Å². The summed E-state index contributed by atoms with van der Waals surface area (Å²) in [5, 5.41) is 0. The molecule has 0 unspecified atom stereocenters. The number of hydrogen-bond donors (Lipinski definition) is 1. The minimum absolute atomic E-state index is 0.289. The van der Waals surface area contributed by atoms with E-state index in [0.717, 1.165) is 25.1 Å². The van der Waals surface area contributed by atoms with Crippen molar-refractivity contribution in [2.75, 3.05) is 13.1 Å². The Morgan fingerprint density at radius 1 is 1.00 bits per heavy atom. The van der Waals surface area contributed by atoms with Crippen LogP contribution in [0.1, 0.15) is 23.6 Å². The van der Waals surface area contributed by atoms with Gasteiger partial charge >= 0.3 is 0 Å². The third-order valence-corrected chi connectivity index (χ3v) is 4.14. The lowest BCUT2D eigenvalue weighted by atomic mass is 9.97. The van der Waals surface area contributed by atoms with Crippen LogP contribution >= 0.6 is 0 Å². The summed E-state index contributed by atoms with van der Waals surface area (Å²) >= 11 is 0. The van der Waals surface area contributed by atoms with E-state index in [9.17, 15) is 4.79 Å². The third-order valence-electron chi connectivity index (χ3n) is 4.14. The van der Waals surface area contributed by atoms with Gasteiger partial charge in [0.2, 0.25) is 5.91 Å². The van der Waals surface area contributed by atoms with E-state index in [4.69, 9.17) is 5.73 Å². The molecule has 0 aliphatic carbocycles. The van der Waals surface area contributed by atoms with Crippen molar-refractivity contribution in [2.45, 2.75) is 12.5 Å². The summed E-state index contributed by atoms with van der Waals surface area (Å²) in [4.78, 5) is 14.1. The molecule has 0 radical (unpaired) electrons. The van der Waals surface area contributed by atoms with Crippen molar-refractivity contribution in [3.63, 3.8) is 0 Å². The first-order valence-electron chi connectivity index (χ1n) is 7.58. The van der Waals surface area contributed by atoms with Gasteiger partial charge in [-0.2, -0.15) is 0 Å². The maximum atomic E-state index is 11.9. The highest BCUT2D eigenvalue weighted by molar-refractivity contribution is 5.81. The molecule has 2 aromatic carbocycles. The zero-order valence-corrected chi connectivity index (χ0v) is 12.5. The van der Waals surface area contributed by atoms with E-state index in [-0.39, 0.29) is 11.9 Å². The van der Waals surface area contributed by atoms with E-state index in [1.807, 2.05) is 36.4 Å². The molecule has 22 heavy (non-hydrogen) atoms. The Balaban J connectivity index is 1.79. The molecule has 2 aromatic rings. The molecule has 0 saturated carbocycles. The molecule has 2 N–H and O–H groups in total. The van der Waals surface area contributed by atoms with E-state index < -0.39 is 0 Å². The number of carbonyl (C=O) groups excluding carboxylic acids is 1. The first kappa shape index (κ1) is 14.5. The highest BCUT2D eigenvalue weighted by Gasteiger charge is 2.26. The van der Waals surface area contributed by atoms with Gasteiger partial charge in [-0.25, -0.2) is 0 Å². The molecular weight excluding hydrogens is 272 g/mol. The number of amides is 1. The van der Waals surface area contributed by atoms with Gasteiger partial charge in [0.05, 0.1) is 0 Å². The van der Waals surface area contributed by atoms with Crippen LogP contribution in [0, 0.1) is 0 Å². The van der Waals surface area contributed by atoms with E-state index in [1.165, 1.54) is 11.1 Å². The van der Waals surface area contributed by atoms with Crippen LogP contribution in [0.5, 0.6) is 0 Å². The standard InChI is InChI=1S/C19H20N2O/c20-19(22)18(17-9-5-2-6-10-17)21-13-11-16(12-14-21)15-7-3-1-4-8-15/h1-11,18H,12-14H2,(H2,20,22)/t18-/m0/s1. The first-order chi connectivity index (χ1) is 10.8. The minimum Gasteiger partial charge on any atom is -0.368 e. The molecule has 0 bridgehead atoms. The molecule has 1 heterocycles. The molecule has 3 rings (SSSR count). The number of hydrogen-bond acceptors (Lipinski definition) is 2. The van der Waals surface area contributed by atoms with Gasteiger partial charge < -0.3 is 5.73 Å². The predicted molar refractivity (Wildman–Crippen MR) is 89.0 cm³/mol. The Labute approximate surface area is 131 Å². The molecule has 3 nitrogen and oxygen atoms in total. The van der Waals surface area contributed by atoms with Crippen molar-refractivity contribution < 1.29 is 4.79 Å². The van der Waals surface area contributed by atoms with Gasteiger partial charge in [0.25, 0.3) is 0 Å². The summed E-state index contributed by atoms with van der Waals surface area (Å²) in [5.74, 6) is -0.289. The van der Waals surface area contributed by atoms with E-state index in [0.29, 0.717) is 0 Å². The lowest BCUT2D eigenvalue weighted by Gasteiger charge is -2.32. The van der Waals surface area contributed by atoms with Crippen LogP contribution in [0.2, 0.25) is 0 Å². The van der Waals surface area contributed by atoms with Crippen LogP contribution in [0.15, 0.2) is 66.7 Å². The Bertz CT molecular complexity index is 664. The topological polar surface area (TPSA) is 46.3 Å². The third kappa shape index (κ3) is 3.10. The molecular formula is C19H20N2O. The summed E-state index contributed by atoms with van der Waals surface area (Å²) in [6, 6.07) is 19.8. The number of benzene rings is 2. The summed E-state index contributed by atoms with van der Waals surface area (Å²) < 4.78 is 0. The fourth-order valence-electron chi connectivity index (χ4n) is 3.02. The molecule has 1 aliphatic heterocycles. The fourth-order valence-corrected chi connectivity index (χ4v) is 3.02. The molecule has 1 amide bonds. The second-order valence-corrected chi connectivity index (χ2v) is 5.56. The lowest BCUT2D eigenvalue weighted by Crippen LogP contribution is -2.40. The van der Waals surface area contributed by atoms with Crippen LogP contribution in [0.4, 0.5) is 0 Å². The molecule has 1 atom stereocenters. The highest BCUT2D eigenvalue weighted by atomic mass is 16.1. The van der Waals surface area contributed by atoms with Crippen LogP contribution in [-0.4, -0.2) is 23.9 Å². The van der Waals surface area contributed by atoms with Crippen LogP contribution < -0.4 is 5.73 Å². The van der Waals surface area contributed by atoms with Gasteiger partial charge in [0.1, 0.15) is 6.04 Å². The SMILES string of the molecule is NC(=O)[C@H](c1ccccc1)N1CC=C(c2ccccc2)CC1. The Morgan fingerprint density at radius 3 is 2.18 bits per heavy atom. The van der Waals surface area contributed by atoms with Gasteiger partial charge in [-0.15, -0.1) is 0 Å². The van der Waals surface area contributed by atoms with Crippen molar-refractivity contribution in [1.82, 2.24) is 4.90 Å². The van der Waals surface area contributed by atoms with E-state index >= 15 is 0 Å². The van der Waals surface area contributed by atoms with E-state index in [1.54, 1.807) is 0 Å². The van der Waals surface area contributed by atoms with Crippen LogP contribution in [0.25, 0.3) is 5.57 Å². The minimum atomic E-state index is -0.352. The highest BCUT2D eigenvalue weighted by Crippen LogP contribution is 2.28. The monoisotopic (exact) mass is 292 g/mol. The van der Waals surface area contributed by atoms with Crippen molar-refractivity contribution in [1.29, 1.82) is 0 Å². The van der Waals surface area contributed by atoms with Crippen molar-refractivity contribution in [2.24, 2.45) is 5.73 Å². The normalized spacial score (nSPS) is 16.8. The Kier molecular flexibility index (Phi) is 4.35. The van der Waals surface area contributed by atoms with Crippen molar-refractivity contribution >= 4 is 11.5 Å². The number of nitrogens with two attached hydrogens (primary N) is 1. The zero-order valence-electron chi connectivity index (χ0n) is 12.5. The average Bonchev–Trinajstić information content (AvgIpc) is 2.57. The molecule has 1 aliphatic rings. The quantitative estimate of drug-likeness (QED) is 0.941. The van der Waals surface area contributed by atoms with Crippen LogP contribution in [0.3, 0.4) is 0 Å². The first-order valence-corrected chi connectivity index (χ1v) is 7.58. The van der Waals surface area contributed by atoms with Crippen molar-refractivity contribution in [3.8, 4) is 0 Å². The second-order valence-electron chi connectivity index (χ2n) is 5.56. The molecule has 0 fully saturated rings. The smallest absolute Gasteiger partial charge is 0.239 e. The summed E-state index contributed by atoms with van der Waals surface area (Å²) in [5.41, 5.74) is 9.21. The molecule has 0 aromatic heterocycles. The zero-order chi connectivity index (χ0) is 15.4. The lowest BCUT2D eigenvalue weighted by molar-refractivity contribution is -0.123. The van der Waals surface area contributed by atoms with Gasteiger partial charge in [-0.1, -0.05) is 66.7 Å². The summed E-state index contributed by atoms with van der Waals surface area (Å²) in [6.45, 7) is 1.58. The number of carbonyl (C=O) groups is 1. The largest absolute Gasteiger partial charge is 0.368 e. The molecule has 0 spiro atoms. The van der Waals surface area contributed by atoms with Crippen LogP contribution in [-0.2, 0) is 4.79 Å². The molecule has 112 valence electrons. The Hall–Kier alpha value is -2.39. The van der Waals surface area contributed by atoms with Gasteiger partial charge in [-0.05, 0) is 23.1 Å². The molecule has 0 saturated heterocycles. The molecule has 3 heteroatoms. The predicted octanol–water partition coefficient (Wildman–Crippen LogP) is 3.00.